The van der Waals surface area contributed by atoms with Crippen LogP contribution >= 0.6 is 0 Å². The molecular weight excluding hydrogens is 240 g/mol. The molecule has 0 aromatic carbocycles. The summed E-state index contributed by atoms with van der Waals surface area (Å²) in [7, 11) is 0. The molecule has 1 saturated heterocycles. The van der Waals surface area contributed by atoms with Gasteiger partial charge in [-0.3, -0.25) is 0 Å². The molecule has 5 nitrogen and oxygen atoms in total. The van der Waals surface area contributed by atoms with Crippen LogP contribution in [-0.2, 0) is 0 Å². The number of nitrogens with zero attached hydrogens (tertiary/aromatic N) is 3. The Labute approximate surface area is 115 Å². The highest BCUT2D eigenvalue weighted by atomic mass is 16.4. The van der Waals surface area contributed by atoms with E-state index < -0.39 is 0 Å². The summed E-state index contributed by atoms with van der Waals surface area (Å²) in [4.78, 5) is 2.24. The fourth-order valence-electron chi connectivity index (χ4n) is 2.69. The minimum atomic E-state index is 0.126. The highest BCUT2D eigenvalue weighted by Gasteiger charge is 2.21. The smallest absolute Gasteiger partial charge is 0.318 e. The van der Waals surface area contributed by atoms with Crippen LogP contribution in [0.2, 0.25) is 0 Å². The van der Waals surface area contributed by atoms with E-state index in [9.17, 15) is 0 Å². The second kappa shape index (κ2) is 6.89. The predicted octanol–water partition coefficient (Wildman–Crippen LogP) is 2.76. The van der Waals surface area contributed by atoms with Crippen LogP contribution in [0.3, 0.4) is 0 Å². The van der Waals surface area contributed by atoms with E-state index in [4.69, 9.17) is 4.42 Å². The molecule has 1 aliphatic heterocycles. The first kappa shape index (κ1) is 14.3. The average molecular weight is 266 g/mol. The number of rotatable bonds is 5. The van der Waals surface area contributed by atoms with Crippen molar-refractivity contribution in [3.8, 4) is 0 Å². The number of hydrogen-bond acceptors (Lipinski definition) is 5. The quantitative estimate of drug-likeness (QED) is 0.888. The molecule has 1 aromatic rings. The van der Waals surface area contributed by atoms with Gasteiger partial charge in [0.25, 0.3) is 0 Å². The topological polar surface area (TPSA) is 54.2 Å². The Morgan fingerprint density at radius 3 is 2.89 bits per heavy atom. The van der Waals surface area contributed by atoms with Gasteiger partial charge in [-0.15, -0.1) is 5.10 Å². The van der Waals surface area contributed by atoms with E-state index >= 15 is 0 Å². The molecule has 108 valence electrons. The van der Waals surface area contributed by atoms with Crippen molar-refractivity contribution in [2.75, 3.05) is 24.5 Å². The van der Waals surface area contributed by atoms with Crippen molar-refractivity contribution in [1.29, 1.82) is 0 Å². The molecule has 0 spiro atoms. The van der Waals surface area contributed by atoms with Gasteiger partial charge in [0.15, 0.2) is 0 Å². The first-order chi connectivity index (χ1) is 9.24. The summed E-state index contributed by atoms with van der Waals surface area (Å²) in [5.74, 6) is 1.54. The lowest BCUT2D eigenvalue weighted by Gasteiger charge is -2.17. The molecule has 2 unspecified atom stereocenters. The van der Waals surface area contributed by atoms with Crippen molar-refractivity contribution in [3.05, 3.63) is 5.89 Å². The maximum absolute atomic E-state index is 5.80. The van der Waals surface area contributed by atoms with Crippen molar-refractivity contribution in [3.63, 3.8) is 0 Å². The van der Waals surface area contributed by atoms with Crippen LogP contribution in [-0.4, -0.2) is 29.8 Å². The van der Waals surface area contributed by atoms with Gasteiger partial charge in [0.05, 0.1) is 6.04 Å². The van der Waals surface area contributed by atoms with E-state index in [1.54, 1.807) is 0 Å². The van der Waals surface area contributed by atoms with E-state index in [1.807, 2.05) is 0 Å². The zero-order chi connectivity index (χ0) is 13.7. The van der Waals surface area contributed by atoms with Crippen molar-refractivity contribution >= 4 is 6.01 Å². The van der Waals surface area contributed by atoms with E-state index in [0.29, 0.717) is 11.9 Å². The molecule has 1 aromatic heterocycles. The van der Waals surface area contributed by atoms with Gasteiger partial charge >= 0.3 is 6.01 Å². The SMILES string of the molecule is CCNC(C)c1nnc(N2CCCC(CC)CC2)o1. The molecule has 0 amide bonds. The molecule has 0 bridgehead atoms. The van der Waals surface area contributed by atoms with E-state index in [0.717, 1.165) is 25.6 Å². The van der Waals surface area contributed by atoms with Crippen molar-refractivity contribution < 1.29 is 4.42 Å². The van der Waals surface area contributed by atoms with Crippen molar-refractivity contribution in [2.45, 2.75) is 52.5 Å². The summed E-state index contributed by atoms with van der Waals surface area (Å²) in [6.07, 6.45) is 5.05. The lowest BCUT2D eigenvalue weighted by atomic mass is 9.98. The summed E-state index contributed by atoms with van der Waals surface area (Å²) in [5.41, 5.74) is 0. The Kier molecular flexibility index (Phi) is 5.19. The third-order valence-corrected chi connectivity index (χ3v) is 4.01. The Morgan fingerprint density at radius 2 is 2.16 bits per heavy atom. The van der Waals surface area contributed by atoms with Gasteiger partial charge in [-0.2, -0.15) is 0 Å². The minimum absolute atomic E-state index is 0.126. The summed E-state index contributed by atoms with van der Waals surface area (Å²) in [6.45, 7) is 9.39. The molecular formula is C14H26N4O. The Balaban J connectivity index is 1.98. The van der Waals surface area contributed by atoms with Crippen LogP contribution in [0.1, 0.15) is 58.4 Å². The molecule has 0 saturated carbocycles. The van der Waals surface area contributed by atoms with E-state index in [2.05, 4.69) is 41.2 Å². The zero-order valence-electron chi connectivity index (χ0n) is 12.4. The van der Waals surface area contributed by atoms with Crippen molar-refractivity contribution in [1.82, 2.24) is 15.5 Å². The van der Waals surface area contributed by atoms with Crippen LogP contribution in [0.5, 0.6) is 0 Å². The molecule has 2 atom stereocenters. The first-order valence-electron chi connectivity index (χ1n) is 7.56. The largest absolute Gasteiger partial charge is 0.406 e. The molecule has 19 heavy (non-hydrogen) atoms. The van der Waals surface area contributed by atoms with Gasteiger partial charge in [0.1, 0.15) is 0 Å². The number of anilines is 1. The molecule has 1 fully saturated rings. The Bertz CT molecular complexity index is 379. The normalized spacial score (nSPS) is 22.3. The highest BCUT2D eigenvalue weighted by Crippen LogP contribution is 2.24. The molecule has 0 radical (unpaired) electrons. The fraction of sp³-hybridized carbons (Fsp3) is 0.857. The maximum atomic E-state index is 5.80. The van der Waals surface area contributed by atoms with Gasteiger partial charge in [-0.1, -0.05) is 25.4 Å². The lowest BCUT2D eigenvalue weighted by molar-refractivity contribution is 0.417. The van der Waals surface area contributed by atoms with Crippen molar-refractivity contribution in [2.24, 2.45) is 5.92 Å². The zero-order valence-corrected chi connectivity index (χ0v) is 12.4. The molecule has 5 heteroatoms. The molecule has 2 heterocycles. The molecule has 1 aliphatic rings. The number of aromatic nitrogens is 2. The predicted molar refractivity (Wildman–Crippen MR) is 76.2 cm³/mol. The molecule has 1 N–H and O–H groups in total. The summed E-state index contributed by atoms with van der Waals surface area (Å²) in [5, 5.41) is 11.7. The van der Waals surface area contributed by atoms with Gasteiger partial charge in [0.2, 0.25) is 5.89 Å². The van der Waals surface area contributed by atoms with Gasteiger partial charge in [-0.25, -0.2) is 0 Å². The first-order valence-corrected chi connectivity index (χ1v) is 7.56. The second-order valence-electron chi connectivity index (χ2n) is 5.39. The standard InChI is InChI=1S/C14H26N4O/c1-4-12-7-6-9-18(10-8-12)14-17-16-13(19-14)11(3)15-5-2/h11-12,15H,4-10H2,1-3H3. The third kappa shape index (κ3) is 3.69. The average Bonchev–Trinajstić information content (AvgIpc) is 2.78. The van der Waals surface area contributed by atoms with E-state index in [-0.39, 0.29) is 6.04 Å². The van der Waals surface area contributed by atoms with E-state index in [1.165, 1.54) is 25.7 Å². The molecule has 2 rings (SSSR count). The van der Waals surface area contributed by atoms with Gasteiger partial charge in [0, 0.05) is 13.1 Å². The number of hydrogen-bond donors (Lipinski definition) is 1. The fourth-order valence-corrected chi connectivity index (χ4v) is 2.69. The Morgan fingerprint density at radius 1 is 1.32 bits per heavy atom. The lowest BCUT2D eigenvalue weighted by Crippen LogP contribution is -2.24. The number of nitrogens with one attached hydrogen (secondary N) is 1. The van der Waals surface area contributed by atoms with Gasteiger partial charge in [-0.05, 0) is 38.6 Å². The van der Waals surface area contributed by atoms with Crippen LogP contribution < -0.4 is 10.2 Å². The summed E-state index contributed by atoms with van der Waals surface area (Å²) in [6, 6.07) is 0.818. The summed E-state index contributed by atoms with van der Waals surface area (Å²) >= 11 is 0. The van der Waals surface area contributed by atoms with Gasteiger partial charge < -0.3 is 14.6 Å². The second-order valence-corrected chi connectivity index (χ2v) is 5.39. The summed E-state index contributed by atoms with van der Waals surface area (Å²) < 4.78 is 5.80. The maximum Gasteiger partial charge on any atom is 0.318 e. The molecule has 0 aliphatic carbocycles. The van der Waals surface area contributed by atoms with Crippen LogP contribution in [0, 0.1) is 5.92 Å². The highest BCUT2D eigenvalue weighted by molar-refractivity contribution is 5.24. The monoisotopic (exact) mass is 266 g/mol. The Hall–Kier alpha value is -1.10. The third-order valence-electron chi connectivity index (χ3n) is 4.01. The van der Waals surface area contributed by atoms with Crippen LogP contribution in [0.4, 0.5) is 6.01 Å². The minimum Gasteiger partial charge on any atom is -0.406 e. The van der Waals surface area contributed by atoms with Crippen LogP contribution in [0.25, 0.3) is 0 Å². The van der Waals surface area contributed by atoms with Crippen LogP contribution in [0.15, 0.2) is 4.42 Å².